The van der Waals surface area contributed by atoms with Crippen LogP contribution in [0.4, 0.5) is 10.2 Å². The van der Waals surface area contributed by atoms with Crippen molar-refractivity contribution in [2.45, 2.75) is 36.1 Å². The van der Waals surface area contributed by atoms with E-state index in [0.717, 1.165) is 24.1 Å². The average Bonchev–Trinajstić information content (AvgIpc) is 2.82. The first-order valence-electron chi connectivity index (χ1n) is 10.7. The van der Waals surface area contributed by atoms with E-state index in [1.807, 2.05) is 24.3 Å². The molecule has 1 aliphatic heterocycles. The molecule has 0 fully saturated rings. The van der Waals surface area contributed by atoms with E-state index in [2.05, 4.69) is 15.3 Å². The highest BCUT2D eigenvalue weighted by atomic mass is 32.2. The van der Waals surface area contributed by atoms with Gasteiger partial charge in [-0.25, -0.2) is 9.37 Å². The number of benzene rings is 2. The van der Waals surface area contributed by atoms with Crippen molar-refractivity contribution in [3.63, 3.8) is 0 Å². The molecule has 0 saturated heterocycles. The normalized spacial score (nSPS) is 17.3. The lowest BCUT2D eigenvalue weighted by molar-refractivity contribution is -0.116. The first kappa shape index (κ1) is 21.5. The summed E-state index contributed by atoms with van der Waals surface area (Å²) in [6.45, 7) is 0. The van der Waals surface area contributed by atoms with Crippen molar-refractivity contribution in [2.24, 2.45) is 0 Å². The molecule has 3 aromatic rings. The zero-order valence-electron chi connectivity index (χ0n) is 18.0. The van der Waals surface area contributed by atoms with Crippen molar-refractivity contribution in [2.75, 3.05) is 12.4 Å². The molecule has 2 aromatic carbocycles. The molecule has 1 unspecified atom stereocenters. The third-order valence-electron chi connectivity index (χ3n) is 6.01. The Balaban J connectivity index is 1.56. The Morgan fingerprint density at radius 2 is 1.91 bits per heavy atom. The van der Waals surface area contributed by atoms with Crippen molar-refractivity contribution in [1.82, 2.24) is 9.97 Å². The van der Waals surface area contributed by atoms with Gasteiger partial charge in [0.05, 0.1) is 12.7 Å². The smallest absolute Gasteiger partial charge is 0.257 e. The Bertz CT molecular complexity index is 1320. The predicted molar refractivity (Wildman–Crippen MR) is 125 cm³/mol. The van der Waals surface area contributed by atoms with Gasteiger partial charge in [-0.1, -0.05) is 42.1 Å². The average molecular weight is 464 g/mol. The second kappa shape index (κ2) is 8.86. The maximum atomic E-state index is 14.0. The van der Waals surface area contributed by atoms with Crippen LogP contribution in [-0.2, 0) is 10.5 Å². The molecule has 33 heavy (non-hydrogen) atoms. The van der Waals surface area contributed by atoms with Crippen LogP contribution in [0.25, 0.3) is 0 Å². The summed E-state index contributed by atoms with van der Waals surface area (Å²) in [6.07, 6.45) is 1.94. The number of fused-ring (bicyclic) bond motifs is 1. The Hall–Kier alpha value is -3.39. The summed E-state index contributed by atoms with van der Waals surface area (Å²) in [5, 5.41) is 3.66. The SMILES string of the molecule is COc1ccc(C2C3=C(CCCC3=O)Nc3nc(SCc4ccccc4F)[nH]c(=O)c32)cc1. The Morgan fingerprint density at radius 3 is 2.67 bits per heavy atom. The molecule has 168 valence electrons. The Morgan fingerprint density at radius 1 is 1.12 bits per heavy atom. The number of carbonyl (C=O) groups is 1. The van der Waals surface area contributed by atoms with E-state index in [9.17, 15) is 14.0 Å². The highest BCUT2D eigenvalue weighted by Gasteiger charge is 2.37. The van der Waals surface area contributed by atoms with Crippen LogP contribution in [0.15, 0.2) is 69.8 Å². The van der Waals surface area contributed by atoms with Gasteiger partial charge >= 0.3 is 0 Å². The Labute approximate surface area is 194 Å². The van der Waals surface area contributed by atoms with Crippen molar-refractivity contribution < 1.29 is 13.9 Å². The molecule has 0 spiro atoms. The van der Waals surface area contributed by atoms with Crippen LogP contribution in [0.3, 0.4) is 0 Å². The lowest BCUT2D eigenvalue weighted by atomic mass is 9.76. The molecule has 8 heteroatoms. The van der Waals surface area contributed by atoms with Crippen LogP contribution in [0, 0.1) is 5.82 Å². The van der Waals surface area contributed by atoms with Gasteiger partial charge in [-0.3, -0.25) is 9.59 Å². The molecule has 0 radical (unpaired) electrons. The number of ether oxygens (including phenoxy) is 1. The summed E-state index contributed by atoms with van der Waals surface area (Å²) in [5.74, 6) is 0.735. The lowest BCUT2D eigenvalue weighted by Crippen LogP contribution is -2.32. The largest absolute Gasteiger partial charge is 0.497 e. The van der Waals surface area contributed by atoms with Crippen LogP contribution in [0.5, 0.6) is 5.75 Å². The zero-order chi connectivity index (χ0) is 22.9. The van der Waals surface area contributed by atoms with Gasteiger partial charge in [0.1, 0.15) is 17.4 Å². The molecule has 6 nitrogen and oxygen atoms in total. The van der Waals surface area contributed by atoms with Crippen LogP contribution >= 0.6 is 11.8 Å². The Kier molecular flexibility index (Phi) is 5.76. The number of aromatic nitrogens is 2. The van der Waals surface area contributed by atoms with Gasteiger partial charge in [-0.05, 0) is 42.2 Å². The van der Waals surface area contributed by atoms with E-state index in [1.54, 1.807) is 25.3 Å². The zero-order valence-corrected chi connectivity index (χ0v) is 18.8. The fraction of sp³-hybridized carbons (Fsp3) is 0.240. The number of thioether (sulfide) groups is 1. The number of nitrogens with one attached hydrogen (secondary N) is 2. The molecule has 0 bridgehead atoms. The molecule has 1 atom stereocenters. The van der Waals surface area contributed by atoms with E-state index >= 15 is 0 Å². The van der Waals surface area contributed by atoms with E-state index < -0.39 is 5.92 Å². The number of hydrogen-bond donors (Lipinski definition) is 2. The summed E-state index contributed by atoms with van der Waals surface area (Å²) in [7, 11) is 1.59. The van der Waals surface area contributed by atoms with Crippen LogP contribution < -0.4 is 15.6 Å². The van der Waals surface area contributed by atoms with Crippen molar-refractivity contribution >= 4 is 23.4 Å². The second-order valence-corrected chi connectivity index (χ2v) is 8.98. The maximum Gasteiger partial charge on any atom is 0.257 e. The third-order valence-corrected chi connectivity index (χ3v) is 6.93. The number of hydrogen-bond acceptors (Lipinski definition) is 6. The molecule has 2 heterocycles. The maximum absolute atomic E-state index is 14.0. The van der Waals surface area contributed by atoms with E-state index in [1.165, 1.54) is 17.8 Å². The number of nitrogens with zero attached hydrogens (tertiary/aromatic N) is 1. The number of allylic oxidation sites excluding steroid dienone is 2. The van der Waals surface area contributed by atoms with Gasteiger partial charge in [-0.2, -0.15) is 0 Å². The lowest BCUT2D eigenvalue weighted by Gasteiger charge is -2.32. The molecular formula is C25H22FN3O3S. The van der Waals surface area contributed by atoms with Crippen molar-refractivity contribution in [1.29, 1.82) is 0 Å². The van der Waals surface area contributed by atoms with Crippen molar-refractivity contribution in [3.8, 4) is 5.75 Å². The summed E-state index contributed by atoms with van der Waals surface area (Å²) in [4.78, 5) is 33.7. The van der Waals surface area contributed by atoms with Crippen LogP contribution in [-0.4, -0.2) is 22.9 Å². The van der Waals surface area contributed by atoms with E-state index in [4.69, 9.17) is 4.74 Å². The molecular weight excluding hydrogens is 441 g/mol. The first-order chi connectivity index (χ1) is 16.0. The minimum Gasteiger partial charge on any atom is -0.497 e. The number of ketones is 1. The molecule has 1 aliphatic carbocycles. The van der Waals surface area contributed by atoms with Crippen LogP contribution in [0.2, 0.25) is 0 Å². The second-order valence-electron chi connectivity index (χ2n) is 8.01. The van der Waals surface area contributed by atoms with E-state index in [-0.39, 0.29) is 17.2 Å². The van der Waals surface area contributed by atoms with E-state index in [0.29, 0.717) is 45.6 Å². The standard InChI is InChI=1S/C25H22FN3O3S/c1-32-16-11-9-14(10-12-16)20-21-18(7-4-8-19(21)30)27-23-22(20)24(31)29-25(28-23)33-13-15-5-2-3-6-17(15)26/h2-3,5-6,9-12,20H,4,7-8,13H2,1H3,(H2,27,28,29,31). The van der Waals surface area contributed by atoms with Gasteiger partial charge in [0.15, 0.2) is 10.9 Å². The van der Waals surface area contributed by atoms with Crippen LogP contribution in [0.1, 0.15) is 41.9 Å². The highest BCUT2D eigenvalue weighted by molar-refractivity contribution is 7.98. The number of anilines is 1. The number of Topliss-reactive ketones (excluding diaryl/α,β-unsaturated/α-hetero) is 1. The van der Waals surface area contributed by atoms with Gasteiger partial charge in [-0.15, -0.1) is 0 Å². The molecule has 0 amide bonds. The number of rotatable bonds is 5. The molecule has 1 aromatic heterocycles. The number of carbonyl (C=O) groups excluding carboxylic acids is 1. The van der Waals surface area contributed by atoms with Gasteiger partial charge in [0.2, 0.25) is 0 Å². The minimum atomic E-state index is -0.503. The summed E-state index contributed by atoms with van der Waals surface area (Å²) >= 11 is 1.26. The first-order valence-corrected chi connectivity index (χ1v) is 11.7. The molecule has 2 N–H and O–H groups in total. The minimum absolute atomic E-state index is 0.0487. The molecule has 2 aliphatic rings. The fourth-order valence-corrected chi connectivity index (χ4v) is 5.25. The monoisotopic (exact) mass is 463 g/mol. The number of halogens is 1. The summed E-state index contributed by atoms with van der Waals surface area (Å²) < 4.78 is 19.3. The van der Waals surface area contributed by atoms with Gasteiger partial charge < -0.3 is 15.0 Å². The summed E-state index contributed by atoms with van der Waals surface area (Å²) in [6, 6.07) is 13.9. The molecule has 0 saturated carbocycles. The van der Waals surface area contributed by atoms with Crippen molar-refractivity contribution in [3.05, 3.63) is 92.7 Å². The number of H-pyrrole nitrogens is 1. The molecule has 5 rings (SSSR count). The predicted octanol–water partition coefficient (Wildman–Crippen LogP) is 4.77. The third kappa shape index (κ3) is 4.06. The summed E-state index contributed by atoms with van der Waals surface area (Å²) in [5.41, 5.74) is 2.94. The fourth-order valence-electron chi connectivity index (χ4n) is 4.40. The quantitative estimate of drug-likeness (QED) is 0.419. The van der Waals surface area contributed by atoms with Gasteiger partial charge in [0.25, 0.3) is 5.56 Å². The number of aromatic amines is 1. The topological polar surface area (TPSA) is 84.1 Å². The number of methoxy groups -OCH3 is 1. The van der Waals surface area contributed by atoms with Gasteiger partial charge in [0, 0.05) is 29.4 Å². The highest BCUT2D eigenvalue weighted by Crippen LogP contribution is 2.43.